The van der Waals surface area contributed by atoms with Gasteiger partial charge in [-0.3, -0.25) is 0 Å². The van der Waals surface area contributed by atoms with Crippen molar-refractivity contribution in [3.63, 3.8) is 0 Å². The summed E-state index contributed by atoms with van der Waals surface area (Å²) in [6.45, 7) is 12.3. The largest absolute Gasteiger partial charge is 0.494 e. The lowest BCUT2D eigenvalue weighted by Gasteiger charge is -2.24. The van der Waals surface area contributed by atoms with Crippen LogP contribution in [0.1, 0.15) is 55.9 Å². The van der Waals surface area contributed by atoms with Gasteiger partial charge in [0.25, 0.3) is 0 Å². The smallest absolute Gasteiger partial charge is 0.122 e. The molecule has 0 bridgehead atoms. The van der Waals surface area contributed by atoms with Crippen LogP contribution in [0.3, 0.4) is 0 Å². The van der Waals surface area contributed by atoms with E-state index in [0.717, 1.165) is 12.2 Å². The molecule has 0 aromatic heterocycles. The minimum absolute atomic E-state index is 0.144. The Hall–Kier alpha value is -1.80. The summed E-state index contributed by atoms with van der Waals surface area (Å²) in [7, 11) is 0. The monoisotopic (exact) mass is 325 g/mol. The summed E-state index contributed by atoms with van der Waals surface area (Å²) in [5, 5.41) is 0. The summed E-state index contributed by atoms with van der Waals surface area (Å²) in [5.74, 6) is 1.27. The van der Waals surface area contributed by atoms with E-state index in [4.69, 9.17) is 10.5 Å². The highest BCUT2D eigenvalue weighted by molar-refractivity contribution is 5.40. The van der Waals surface area contributed by atoms with E-state index in [-0.39, 0.29) is 5.41 Å². The molecule has 0 aliphatic rings. The Morgan fingerprint density at radius 1 is 1.08 bits per heavy atom. The first-order chi connectivity index (χ1) is 11.4. The molecule has 2 heteroatoms. The van der Waals surface area contributed by atoms with Gasteiger partial charge in [0, 0.05) is 5.92 Å². The molecule has 2 aromatic rings. The van der Waals surface area contributed by atoms with E-state index in [1.54, 1.807) is 0 Å². The first kappa shape index (κ1) is 18.5. The minimum Gasteiger partial charge on any atom is -0.494 e. The summed E-state index contributed by atoms with van der Waals surface area (Å²) >= 11 is 0. The summed E-state index contributed by atoms with van der Waals surface area (Å²) in [6, 6.07) is 15.1. The number of para-hydroxylation sites is 1. The summed E-state index contributed by atoms with van der Waals surface area (Å²) in [4.78, 5) is 0. The molecule has 0 aliphatic carbocycles. The highest BCUT2D eigenvalue weighted by Crippen LogP contribution is 2.31. The Morgan fingerprint density at radius 3 is 2.42 bits per heavy atom. The zero-order valence-electron chi connectivity index (χ0n) is 15.7. The van der Waals surface area contributed by atoms with Gasteiger partial charge in [-0.25, -0.2) is 0 Å². The van der Waals surface area contributed by atoms with Gasteiger partial charge in [-0.1, -0.05) is 57.2 Å². The maximum atomic E-state index is 6.16. The molecule has 2 N–H and O–H groups in total. The molecule has 0 heterocycles. The Labute approximate surface area is 147 Å². The lowest BCUT2D eigenvalue weighted by atomic mass is 9.81. The van der Waals surface area contributed by atoms with Crippen LogP contribution < -0.4 is 10.5 Å². The van der Waals surface area contributed by atoms with Crippen molar-refractivity contribution >= 4 is 0 Å². The quantitative estimate of drug-likeness (QED) is 0.813. The number of hydrogen-bond donors (Lipinski definition) is 1. The predicted molar refractivity (Wildman–Crippen MR) is 103 cm³/mol. The van der Waals surface area contributed by atoms with Crippen LogP contribution in [0.15, 0.2) is 42.5 Å². The van der Waals surface area contributed by atoms with Crippen LogP contribution in [-0.2, 0) is 11.8 Å². The van der Waals surface area contributed by atoms with E-state index in [1.807, 2.05) is 19.1 Å². The minimum atomic E-state index is 0.144. The number of ether oxygens (including phenoxy) is 1. The van der Waals surface area contributed by atoms with E-state index in [1.165, 1.54) is 22.3 Å². The van der Waals surface area contributed by atoms with Crippen molar-refractivity contribution in [2.75, 3.05) is 13.2 Å². The molecule has 0 saturated carbocycles. The molecule has 0 radical (unpaired) electrons. The van der Waals surface area contributed by atoms with Crippen molar-refractivity contribution in [2.24, 2.45) is 5.73 Å². The molecule has 1 atom stereocenters. The Balaban J connectivity index is 2.36. The van der Waals surface area contributed by atoms with Gasteiger partial charge in [0.05, 0.1) is 6.61 Å². The molecular formula is C22H31NO. The third-order valence-electron chi connectivity index (χ3n) is 4.61. The second-order valence-corrected chi connectivity index (χ2v) is 7.50. The normalized spacial score (nSPS) is 12.9. The maximum absolute atomic E-state index is 6.16. The van der Waals surface area contributed by atoms with Crippen molar-refractivity contribution < 1.29 is 4.74 Å². The van der Waals surface area contributed by atoms with Crippen molar-refractivity contribution in [1.82, 2.24) is 0 Å². The molecule has 24 heavy (non-hydrogen) atoms. The Bertz CT molecular complexity index is 670. The standard InChI is InChI=1S/C22H31NO/c1-6-24-21-10-8-7-9-17(21)13-18(15-23)20-14-19(22(3,4)5)12-11-16(20)2/h7-12,14,18H,6,13,15,23H2,1-5H3. The molecular weight excluding hydrogens is 294 g/mol. The lowest BCUT2D eigenvalue weighted by molar-refractivity contribution is 0.335. The van der Waals surface area contributed by atoms with Crippen molar-refractivity contribution in [3.8, 4) is 5.75 Å². The van der Waals surface area contributed by atoms with Gasteiger partial charge in [-0.2, -0.15) is 0 Å². The summed E-state index contributed by atoms with van der Waals surface area (Å²) < 4.78 is 5.79. The van der Waals surface area contributed by atoms with Gasteiger partial charge < -0.3 is 10.5 Å². The molecule has 0 saturated heterocycles. The first-order valence-electron chi connectivity index (χ1n) is 8.88. The lowest BCUT2D eigenvalue weighted by Crippen LogP contribution is -2.18. The first-order valence-corrected chi connectivity index (χ1v) is 8.88. The average molecular weight is 325 g/mol. The highest BCUT2D eigenvalue weighted by Gasteiger charge is 2.19. The van der Waals surface area contributed by atoms with E-state index in [9.17, 15) is 0 Å². The number of nitrogens with two attached hydrogens (primary N) is 1. The van der Waals surface area contributed by atoms with Crippen molar-refractivity contribution in [1.29, 1.82) is 0 Å². The van der Waals surface area contributed by atoms with E-state index in [0.29, 0.717) is 19.1 Å². The Morgan fingerprint density at radius 2 is 1.79 bits per heavy atom. The summed E-state index contributed by atoms with van der Waals surface area (Å²) in [6.07, 6.45) is 0.904. The SMILES string of the molecule is CCOc1ccccc1CC(CN)c1cc(C(C)(C)C)ccc1C. The number of aryl methyl sites for hydroxylation is 1. The second-order valence-electron chi connectivity index (χ2n) is 7.50. The molecule has 0 spiro atoms. The maximum Gasteiger partial charge on any atom is 0.122 e. The van der Waals surface area contributed by atoms with Gasteiger partial charge in [-0.15, -0.1) is 0 Å². The third-order valence-corrected chi connectivity index (χ3v) is 4.61. The van der Waals surface area contributed by atoms with Crippen molar-refractivity contribution in [3.05, 3.63) is 64.7 Å². The number of rotatable bonds is 6. The number of hydrogen-bond acceptors (Lipinski definition) is 2. The van der Waals surface area contributed by atoms with Crippen LogP contribution in [0, 0.1) is 6.92 Å². The fourth-order valence-electron chi connectivity index (χ4n) is 3.10. The molecule has 130 valence electrons. The van der Waals surface area contributed by atoms with E-state index in [2.05, 4.69) is 58.0 Å². The zero-order chi connectivity index (χ0) is 17.7. The molecule has 0 fully saturated rings. The number of benzene rings is 2. The molecule has 0 aliphatic heterocycles. The van der Waals surface area contributed by atoms with Crippen LogP contribution in [0.2, 0.25) is 0 Å². The zero-order valence-corrected chi connectivity index (χ0v) is 15.7. The molecule has 1 unspecified atom stereocenters. The van der Waals surface area contributed by atoms with Crippen LogP contribution >= 0.6 is 0 Å². The average Bonchev–Trinajstić information content (AvgIpc) is 2.54. The highest BCUT2D eigenvalue weighted by atomic mass is 16.5. The van der Waals surface area contributed by atoms with Crippen LogP contribution in [0.4, 0.5) is 0 Å². The van der Waals surface area contributed by atoms with Gasteiger partial charge in [0.2, 0.25) is 0 Å². The molecule has 2 nitrogen and oxygen atoms in total. The topological polar surface area (TPSA) is 35.2 Å². The van der Waals surface area contributed by atoms with Gasteiger partial charge in [-0.05, 0) is 60.5 Å². The fourth-order valence-corrected chi connectivity index (χ4v) is 3.10. The second kappa shape index (κ2) is 7.85. The van der Waals surface area contributed by atoms with Gasteiger partial charge in [0.1, 0.15) is 5.75 Å². The van der Waals surface area contributed by atoms with Gasteiger partial charge in [0.15, 0.2) is 0 Å². The van der Waals surface area contributed by atoms with Crippen LogP contribution in [-0.4, -0.2) is 13.2 Å². The van der Waals surface area contributed by atoms with Crippen molar-refractivity contribution in [2.45, 2.75) is 52.4 Å². The van der Waals surface area contributed by atoms with E-state index < -0.39 is 0 Å². The third kappa shape index (κ3) is 4.39. The van der Waals surface area contributed by atoms with Crippen LogP contribution in [0.25, 0.3) is 0 Å². The van der Waals surface area contributed by atoms with Crippen LogP contribution in [0.5, 0.6) is 5.75 Å². The predicted octanol–water partition coefficient (Wildman–Crippen LogP) is 4.98. The van der Waals surface area contributed by atoms with E-state index >= 15 is 0 Å². The fraction of sp³-hybridized carbons (Fsp3) is 0.455. The Kier molecular flexibility index (Phi) is 6.06. The molecule has 2 rings (SSSR count). The summed E-state index contributed by atoms with van der Waals surface area (Å²) in [5.41, 5.74) is 11.6. The molecule has 0 amide bonds. The molecule has 2 aromatic carbocycles. The van der Waals surface area contributed by atoms with Gasteiger partial charge >= 0.3 is 0 Å².